The maximum atomic E-state index is 10.8. The van der Waals surface area contributed by atoms with Gasteiger partial charge in [-0.25, -0.2) is 4.79 Å². The Morgan fingerprint density at radius 3 is 2.60 bits per heavy atom. The number of carbonyl (C=O) groups excluding carboxylic acids is 1. The van der Waals surface area contributed by atoms with Crippen molar-refractivity contribution in [2.24, 2.45) is 0 Å². The molecule has 80 valence electrons. The van der Waals surface area contributed by atoms with Crippen LogP contribution < -0.4 is 0 Å². The summed E-state index contributed by atoms with van der Waals surface area (Å²) in [7, 11) is 0. The van der Waals surface area contributed by atoms with Gasteiger partial charge in [0.05, 0.1) is 6.61 Å². The van der Waals surface area contributed by atoms with Gasteiger partial charge in [0.15, 0.2) is 5.76 Å². The molecule has 15 heavy (non-hydrogen) atoms. The highest BCUT2D eigenvalue weighted by atomic mass is 16.5. The van der Waals surface area contributed by atoms with E-state index in [-0.39, 0.29) is 0 Å². The predicted octanol–water partition coefficient (Wildman–Crippen LogP) is 2.23. The number of benzene rings is 1. The lowest BCUT2D eigenvalue weighted by Crippen LogP contribution is -2.08. The molecule has 0 aliphatic heterocycles. The number of esters is 1. The normalized spacial score (nSPS) is 9.60. The molecule has 0 aliphatic carbocycles. The molecular weight excluding hydrogens is 192 g/mol. The summed E-state index contributed by atoms with van der Waals surface area (Å²) in [5.41, 5.74) is 1.20. The Morgan fingerprint density at radius 1 is 1.33 bits per heavy atom. The molecule has 0 bridgehead atoms. The van der Waals surface area contributed by atoms with E-state index in [0.717, 1.165) is 12.8 Å². The molecule has 1 rings (SSSR count). The molecule has 0 radical (unpaired) electrons. The number of aliphatic hydroxyl groups is 1. The lowest BCUT2D eigenvalue weighted by molar-refractivity contribution is -0.142. The molecule has 0 spiro atoms. The summed E-state index contributed by atoms with van der Waals surface area (Å²) in [4.78, 5) is 10.8. The minimum atomic E-state index is -0.747. The molecule has 0 unspecified atom stereocenters. The Labute approximate surface area is 89.0 Å². The lowest BCUT2D eigenvalue weighted by atomic mass is 10.1. The van der Waals surface area contributed by atoms with Crippen molar-refractivity contribution in [3.05, 3.63) is 48.2 Å². The summed E-state index contributed by atoms with van der Waals surface area (Å²) in [6.45, 7) is 3.37. The first-order chi connectivity index (χ1) is 7.20. The average molecular weight is 206 g/mol. The molecule has 1 aromatic carbocycles. The van der Waals surface area contributed by atoms with Crippen molar-refractivity contribution in [1.82, 2.24) is 0 Å². The van der Waals surface area contributed by atoms with Crippen LogP contribution in [0.1, 0.15) is 12.0 Å². The fourth-order valence-electron chi connectivity index (χ4n) is 1.17. The minimum Gasteiger partial charge on any atom is -0.502 e. The third-order valence-corrected chi connectivity index (χ3v) is 1.92. The fraction of sp³-hybridized carbons (Fsp3) is 0.250. The molecule has 3 heteroatoms. The largest absolute Gasteiger partial charge is 0.502 e. The molecule has 0 amide bonds. The van der Waals surface area contributed by atoms with E-state index in [4.69, 9.17) is 9.84 Å². The summed E-state index contributed by atoms with van der Waals surface area (Å²) in [6, 6.07) is 9.94. The Balaban J connectivity index is 2.18. The van der Waals surface area contributed by atoms with Crippen molar-refractivity contribution in [3.63, 3.8) is 0 Å². The summed E-state index contributed by atoms with van der Waals surface area (Å²) >= 11 is 0. The van der Waals surface area contributed by atoms with Crippen LogP contribution >= 0.6 is 0 Å². The lowest BCUT2D eigenvalue weighted by Gasteiger charge is -2.03. The van der Waals surface area contributed by atoms with Crippen LogP contribution in [0.4, 0.5) is 0 Å². The second-order valence-corrected chi connectivity index (χ2v) is 3.17. The van der Waals surface area contributed by atoms with E-state index < -0.39 is 11.7 Å². The zero-order valence-electron chi connectivity index (χ0n) is 8.48. The molecule has 0 heterocycles. The highest BCUT2D eigenvalue weighted by Crippen LogP contribution is 2.02. The number of hydrogen-bond acceptors (Lipinski definition) is 3. The van der Waals surface area contributed by atoms with Gasteiger partial charge in [0.1, 0.15) is 0 Å². The van der Waals surface area contributed by atoms with E-state index in [1.54, 1.807) is 0 Å². The highest BCUT2D eigenvalue weighted by molar-refractivity contribution is 5.84. The number of aliphatic hydroxyl groups excluding tert-OH is 1. The SMILES string of the molecule is C=C(O)C(=O)OCCCc1ccccc1. The molecule has 0 aromatic heterocycles. The molecule has 0 aliphatic rings. The van der Waals surface area contributed by atoms with Crippen LogP contribution in [0.15, 0.2) is 42.7 Å². The topological polar surface area (TPSA) is 46.5 Å². The molecule has 0 fully saturated rings. The van der Waals surface area contributed by atoms with Crippen LogP contribution in [0, 0.1) is 0 Å². The molecule has 1 aromatic rings. The maximum absolute atomic E-state index is 10.8. The van der Waals surface area contributed by atoms with Crippen molar-refractivity contribution in [1.29, 1.82) is 0 Å². The quantitative estimate of drug-likeness (QED) is 0.348. The molecule has 1 N–H and O–H groups in total. The van der Waals surface area contributed by atoms with Crippen LogP contribution in [0.2, 0.25) is 0 Å². The third kappa shape index (κ3) is 4.31. The first kappa shape index (κ1) is 11.3. The smallest absolute Gasteiger partial charge is 0.372 e. The van der Waals surface area contributed by atoms with E-state index in [1.165, 1.54) is 5.56 Å². The summed E-state index contributed by atoms with van der Waals surface area (Å²) in [5.74, 6) is -1.29. The molecule has 0 saturated heterocycles. The zero-order chi connectivity index (χ0) is 11.1. The Bertz CT molecular complexity index is 330. The molecular formula is C12H14O3. The number of hydrogen-bond donors (Lipinski definition) is 1. The minimum absolute atomic E-state index is 0.299. The standard InChI is InChI=1S/C12H14O3/c1-10(13)12(14)15-9-5-8-11-6-3-2-4-7-11/h2-4,6-7,13H,1,5,8-9H2. The number of carbonyl (C=O) groups is 1. The van der Waals surface area contributed by atoms with Gasteiger partial charge in [-0.1, -0.05) is 30.3 Å². The van der Waals surface area contributed by atoms with E-state index in [0.29, 0.717) is 6.61 Å². The van der Waals surface area contributed by atoms with Crippen LogP contribution in [0.5, 0.6) is 0 Å². The van der Waals surface area contributed by atoms with Crippen molar-refractivity contribution < 1.29 is 14.6 Å². The zero-order valence-corrected chi connectivity index (χ0v) is 8.48. The van der Waals surface area contributed by atoms with Gasteiger partial charge in [0, 0.05) is 0 Å². The monoisotopic (exact) mass is 206 g/mol. The Hall–Kier alpha value is -1.77. The summed E-state index contributed by atoms with van der Waals surface area (Å²) < 4.78 is 4.74. The van der Waals surface area contributed by atoms with E-state index in [2.05, 4.69) is 6.58 Å². The van der Waals surface area contributed by atoms with Crippen molar-refractivity contribution >= 4 is 5.97 Å². The maximum Gasteiger partial charge on any atom is 0.372 e. The van der Waals surface area contributed by atoms with E-state index >= 15 is 0 Å². The van der Waals surface area contributed by atoms with Gasteiger partial charge in [-0.05, 0) is 25.0 Å². The van der Waals surface area contributed by atoms with Gasteiger partial charge >= 0.3 is 5.97 Å². The average Bonchev–Trinajstić information content (AvgIpc) is 2.25. The van der Waals surface area contributed by atoms with E-state index in [9.17, 15) is 4.79 Å². The molecule has 0 saturated carbocycles. The van der Waals surface area contributed by atoms with Gasteiger partial charge in [-0.2, -0.15) is 0 Å². The number of rotatable bonds is 5. The van der Waals surface area contributed by atoms with Gasteiger partial charge in [0.2, 0.25) is 0 Å². The number of ether oxygens (including phenoxy) is 1. The first-order valence-corrected chi connectivity index (χ1v) is 4.79. The first-order valence-electron chi connectivity index (χ1n) is 4.79. The Kier molecular flexibility index (Phi) is 4.41. The van der Waals surface area contributed by atoms with Gasteiger partial charge < -0.3 is 9.84 Å². The van der Waals surface area contributed by atoms with Crippen molar-refractivity contribution in [3.8, 4) is 0 Å². The third-order valence-electron chi connectivity index (χ3n) is 1.92. The fourth-order valence-corrected chi connectivity index (χ4v) is 1.17. The molecule has 0 atom stereocenters. The second-order valence-electron chi connectivity index (χ2n) is 3.17. The van der Waals surface area contributed by atoms with Gasteiger partial charge in [-0.15, -0.1) is 0 Å². The van der Waals surface area contributed by atoms with Crippen LogP contribution in [0.3, 0.4) is 0 Å². The van der Waals surface area contributed by atoms with Crippen LogP contribution in [-0.2, 0) is 16.0 Å². The molecule has 3 nitrogen and oxygen atoms in total. The summed E-state index contributed by atoms with van der Waals surface area (Å²) in [6.07, 6.45) is 1.59. The van der Waals surface area contributed by atoms with Crippen molar-refractivity contribution in [2.45, 2.75) is 12.8 Å². The highest BCUT2D eigenvalue weighted by Gasteiger charge is 2.04. The number of aryl methyl sites for hydroxylation is 1. The second kappa shape index (κ2) is 5.86. The predicted molar refractivity (Wildman–Crippen MR) is 57.5 cm³/mol. The summed E-state index contributed by atoms with van der Waals surface area (Å²) in [5, 5.41) is 8.67. The van der Waals surface area contributed by atoms with E-state index in [1.807, 2.05) is 30.3 Å². The van der Waals surface area contributed by atoms with Crippen LogP contribution in [0.25, 0.3) is 0 Å². The van der Waals surface area contributed by atoms with Crippen molar-refractivity contribution in [2.75, 3.05) is 6.61 Å². The van der Waals surface area contributed by atoms with Gasteiger partial charge in [-0.3, -0.25) is 0 Å². The van der Waals surface area contributed by atoms with Gasteiger partial charge in [0.25, 0.3) is 0 Å². The van der Waals surface area contributed by atoms with Crippen LogP contribution in [-0.4, -0.2) is 17.7 Å². The Morgan fingerprint density at radius 2 is 2.00 bits per heavy atom.